The Kier molecular flexibility index (Phi) is 5.38. The van der Waals surface area contributed by atoms with Crippen LogP contribution >= 0.6 is 12.2 Å². The molecule has 0 radical (unpaired) electrons. The maximum absolute atomic E-state index is 12.9. The zero-order valence-corrected chi connectivity index (χ0v) is 16.2. The van der Waals surface area contributed by atoms with Crippen molar-refractivity contribution in [3.05, 3.63) is 65.9 Å². The summed E-state index contributed by atoms with van der Waals surface area (Å²) in [6, 6.07) is 17.8. The fourth-order valence-electron chi connectivity index (χ4n) is 3.09. The molecule has 0 aliphatic carbocycles. The van der Waals surface area contributed by atoms with Gasteiger partial charge in [0.15, 0.2) is 5.11 Å². The molecule has 4 nitrogen and oxygen atoms in total. The van der Waals surface area contributed by atoms with Gasteiger partial charge in [0.1, 0.15) is 5.70 Å². The Hall–Kier alpha value is -2.66. The first-order valence-corrected chi connectivity index (χ1v) is 9.21. The lowest BCUT2D eigenvalue weighted by molar-refractivity contribution is -0.114. The summed E-state index contributed by atoms with van der Waals surface area (Å²) in [5.74, 6) is -0.100. The Balaban J connectivity index is 1.89. The molecule has 0 aromatic heterocycles. The van der Waals surface area contributed by atoms with Crippen LogP contribution in [-0.4, -0.2) is 36.1 Å². The zero-order chi connectivity index (χ0) is 18.7. The standard InChI is InChI=1S/C21H23N3OS/c1-4-23(5-2)17-13-11-16(12-14-17)15-19-20(25)24(21(26)22(19)3)18-9-7-6-8-10-18/h6-15H,4-5H2,1-3H3. The van der Waals surface area contributed by atoms with Crippen molar-refractivity contribution in [2.45, 2.75) is 13.8 Å². The van der Waals surface area contributed by atoms with Gasteiger partial charge in [0.2, 0.25) is 0 Å². The highest BCUT2D eigenvalue weighted by atomic mass is 32.1. The summed E-state index contributed by atoms with van der Waals surface area (Å²) < 4.78 is 0. The summed E-state index contributed by atoms with van der Waals surface area (Å²) in [5, 5.41) is 0.493. The molecule has 0 atom stereocenters. The predicted molar refractivity (Wildman–Crippen MR) is 112 cm³/mol. The Labute approximate surface area is 160 Å². The highest BCUT2D eigenvalue weighted by molar-refractivity contribution is 7.80. The van der Waals surface area contributed by atoms with E-state index in [1.165, 1.54) is 5.69 Å². The maximum atomic E-state index is 12.9. The molecule has 0 spiro atoms. The van der Waals surface area contributed by atoms with Gasteiger partial charge in [0.05, 0.1) is 5.69 Å². The summed E-state index contributed by atoms with van der Waals surface area (Å²) in [7, 11) is 1.83. The molecular weight excluding hydrogens is 342 g/mol. The monoisotopic (exact) mass is 365 g/mol. The summed E-state index contributed by atoms with van der Waals surface area (Å²) in [5.41, 5.74) is 3.53. The molecule has 1 fully saturated rings. The lowest BCUT2D eigenvalue weighted by Gasteiger charge is -2.21. The smallest absolute Gasteiger partial charge is 0.281 e. The van der Waals surface area contributed by atoms with Crippen molar-refractivity contribution in [3.8, 4) is 0 Å². The first-order valence-electron chi connectivity index (χ1n) is 8.80. The number of rotatable bonds is 5. The van der Waals surface area contributed by atoms with Crippen LogP contribution < -0.4 is 9.80 Å². The number of para-hydroxylation sites is 1. The first-order chi connectivity index (χ1) is 12.6. The van der Waals surface area contributed by atoms with Crippen molar-refractivity contribution in [1.82, 2.24) is 4.90 Å². The minimum atomic E-state index is -0.100. The summed E-state index contributed by atoms with van der Waals surface area (Å²) >= 11 is 5.49. The number of nitrogens with zero attached hydrogens (tertiary/aromatic N) is 3. The molecule has 1 saturated heterocycles. The maximum Gasteiger partial charge on any atom is 0.281 e. The van der Waals surface area contributed by atoms with E-state index in [-0.39, 0.29) is 5.91 Å². The average Bonchev–Trinajstić information content (AvgIpc) is 2.88. The predicted octanol–water partition coefficient (Wildman–Crippen LogP) is 4.14. The number of anilines is 2. The van der Waals surface area contributed by atoms with E-state index in [2.05, 4.69) is 30.9 Å². The summed E-state index contributed by atoms with van der Waals surface area (Å²) in [4.78, 5) is 18.5. The van der Waals surface area contributed by atoms with Crippen molar-refractivity contribution < 1.29 is 4.79 Å². The Morgan fingerprint density at radius 3 is 2.19 bits per heavy atom. The molecule has 1 aliphatic rings. The van der Waals surface area contributed by atoms with Gasteiger partial charge < -0.3 is 9.80 Å². The molecule has 26 heavy (non-hydrogen) atoms. The van der Waals surface area contributed by atoms with Gasteiger partial charge in [0.25, 0.3) is 5.91 Å². The number of benzene rings is 2. The van der Waals surface area contributed by atoms with Crippen LogP contribution in [0, 0.1) is 0 Å². The molecule has 5 heteroatoms. The number of carbonyl (C=O) groups is 1. The third kappa shape index (κ3) is 3.35. The molecule has 0 saturated carbocycles. The van der Waals surface area contributed by atoms with Crippen molar-refractivity contribution in [2.24, 2.45) is 0 Å². The van der Waals surface area contributed by atoms with Gasteiger partial charge in [-0.2, -0.15) is 0 Å². The van der Waals surface area contributed by atoms with Crippen LogP contribution in [0.2, 0.25) is 0 Å². The highest BCUT2D eigenvalue weighted by Crippen LogP contribution is 2.28. The second-order valence-corrected chi connectivity index (χ2v) is 6.48. The van der Waals surface area contributed by atoms with Crippen LogP contribution in [0.3, 0.4) is 0 Å². The molecule has 2 aromatic carbocycles. The number of hydrogen-bond acceptors (Lipinski definition) is 3. The number of carbonyl (C=O) groups excluding carboxylic acids is 1. The molecule has 1 aliphatic heterocycles. The third-order valence-electron chi connectivity index (χ3n) is 4.60. The van der Waals surface area contributed by atoms with Gasteiger partial charge in [-0.3, -0.25) is 9.69 Å². The first kappa shape index (κ1) is 18.1. The minimum absolute atomic E-state index is 0.100. The number of thiocarbonyl (C=S) groups is 1. The van der Waals surface area contributed by atoms with E-state index in [0.29, 0.717) is 10.8 Å². The zero-order valence-electron chi connectivity index (χ0n) is 15.3. The molecule has 0 N–H and O–H groups in total. The molecule has 1 amide bonds. The molecule has 3 rings (SSSR count). The van der Waals surface area contributed by atoms with E-state index >= 15 is 0 Å². The fourth-order valence-corrected chi connectivity index (χ4v) is 3.38. The molecule has 2 aromatic rings. The molecular formula is C21H23N3OS. The van der Waals surface area contributed by atoms with Gasteiger partial charge in [0, 0.05) is 25.8 Å². The summed E-state index contributed by atoms with van der Waals surface area (Å²) in [6.07, 6.45) is 1.89. The molecule has 1 heterocycles. The number of likely N-dealkylation sites (N-methyl/N-ethyl adjacent to an activating group) is 1. The van der Waals surface area contributed by atoms with Crippen LogP contribution in [0.5, 0.6) is 0 Å². The average molecular weight is 366 g/mol. The fraction of sp³-hybridized carbons (Fsp3) is 0.238. The van der Waals surface area contributed by atoms with Crippen molar-refractivity contribution in [3.63, 3.8) is 0 Å². The lowest BCUT2D eigenvalue weighted by atomic mass is 10.1. The largest absolute Gasteiger partial charge is 0.372 e. The summed E-state index contributed by atoms with van der Waals surface area (Å²) in [6.45, 7) is 6.23. The lowest BCUT2D eigenvalue weighted by Crippen LogP contribution is -2.30. The Morgan fingerprint density at radius 1 is 1.00 bits per heavy atom. The van der Waals surface area contributed by atoms with Crippen LogP contribution in [0.1, 0.15) is 19.4 Å². The van der Waals surface area contributed by atoms with Crippen LogP contribution in [-0.2, 0) is 4.79 Å². The van der Waals surface area contributed by atoms with Crippen molar-refractivity contribution >= 4 is 40.7 Å². The van der Waals surface area contributed by atoms with E-state index in [0.717, 1.165) is 24.3 Å². The topological polar surface area (TPSA) is 26.8 Å². The van der Waals surface area contributed by atoms with E-state index in [1.807, 2.05) is 55.6 Å². The second kappa shape index (κ2) is 7.70. The molecule has 134 valence electrons. The third-order valence-corrected chi connectivity index (χ3v) is 5.06. The SMILES string of the molecule is CCN(CC)c1ccc(C=C2C(=O)N(c3ccccc3)C(=S)N2C)cc1. The highest BCUT2D eigenvalue weighted by Gasteiger charge is 2.36. The molecule has 0 bridgehead atoms. The van der Waals surface area contributed by atoms with E-state index in [1.54, 1.807) is 9.80 Å². The minimum Gasteiger partial charge on any atom is -0.372 e. The van der Waals surface area contributed by atoms with Gasteiger partial charge in [-0.1, -0.05) is 30.3 Å². The number of hydrogen-bond donors (Lipinski definition) is 0. The van der Waals surface area contributed by atoms with Crippen LogP contribution in [0.15, 0.2) is 60.3 Å². The van der Waals surface area contributed by atoms with Gasteiger partial charge in [-0.25, -0.2) is 0 Å². The Bertz CT molecular complexity index is 826. The van der Waals surface area contributed by atoms with Gasteiger partial charge in [-0.05, 0) is 62.0 Å². The van der Waals surface area contributed by atoms with Crippen LogP contribution in [0.4, 0.5) is 11.4 Å². The second-order valence-electron chi connectivity index (χ2n) is 6.11. The van der Waals surface area contributed by atoms with E-state index < -0.39 is 0 Å². The van der Waals surface area contributed by atoms with Crippen molar-refractivity contribution in [2.75, 3.05) is 29.9 Å². The van der Waals surface area contributed by atoms with Crippen LogP contribution in [0.25, 0.3) is 6.08 Å². The number of amides is 1. The quantitative estimate of drug-likeness (QED) is 0.588. The van der Waals surface area contributed by atoms with E-state index in [4.69, 9.17) is 12.2 Å². The van der Waals surface area contributed by atoms with Gasteiger partial charge >= 0.3 is 0 Å². The molecule has 0 unspecified atom stereocenters. The van der Waals surface area contributed by atoms with Crippen molar-refractivity contribution in [1.29, 1.82) is 0 Å². The normalized spacial score (nSPS) is 15.9. The van der Waals surface area contributed by atoms with E-state index in [9.17, 15) is 4.79 Å². The van der Waals surface area contributed by atoms with Gasteiger partial charge in [-0.15, -0.1) is 0 Å². The Morgan fingerprint density at radius 2 is 1.62 bits per heavy atom.